The largest absolute Gasteiger partial charge is 0.481 e. The maximum Gasteiger partial charge on any atom is 0.407 e. The van der Waals surface area contributed by atoms with E-state index in [9.17, 15) is 19.8 Å². The van der Waals surface area contributed by atoms with E-state index in [0.717, 1.165) is 11.1 Å². The van der Waals surface area contributed by atoms with Crippen molar-refractivity contribution in [1.82, 2.24) is 5.32 Å². The molecule has 0 unspecified atom stereocenters. The molecule has 0 spiro atoms. The predicted molar refractivity (Wildman–Crippen MR) is 102 cm³/mol. The number of rotatable bonds is 11. The molecule has 2 aromatic rings. The fraction of sp³-hybridized carbons (Fsp3) is 0.333. The van der Waals surface area contributed by atoms with E-state index >= 15 is 0 Å². The Balaban J connectivity index is 1.68. The first kappa shape index (κ1) is 21.4. The molecule has 0 aliphatic carbocycles. The van der Waals surface area contributed by atoms with Crippen LogP contribution in [0.2, 0.25) is 0 Å². The molecule has 0 radical (unpaired) electrons. The lowest BCUT2D eigenvalue weighted by Gasteiger charge is -2.19. The number of aliphatic carboxylic acids is 1. The Morgan fingerprint density at radius 3 is 2.07 bits per heavy atom. The van der Waals surface area contributed by atoms with Gasteiger partial charge in [0.25, 0.3) is 0 Å². The third-order valence-corrected chi connectivity index (χ3v) is 4.13. The molecular formula is C21H25NO6. The second-order valence-electron chi connectivity index (χ2n) is 6.28. The first-order chi connectivity index (χ1) is 13.6. The second-order valence-corrected chi connectivity index (χ2v) is 6.28. The molecule has 7 heteroatoms. The Hall–Kier alpha value is -2.90. The summed E-state index contributed by atoms with van der Waals surface area (Å²) in [4.78, 5) is 23.1. The molecule has 7 nitrogen and oxygen atoms in total. The highest BCUT2D eigenvalue weighted by atomic mass is 16.5. The van der Waals surface area contributed by atoms with Crippen molar-refractivity contribution in [2.24, 2.45) is 5.92 Å². The quantitative estimate of drug-likeness (QED) is 0.512. The number of hydrogen-bond donors (Lipinski definition) is 3. The lowest BCUT2D eigenvalue weighted by Crippen LogP contribution is -2.40. The van der Waals surface area contributed by atoms with Gasteiger partial charge in [0, 0.05) is 13.2 Å². The van der Waals surface area contributed by atoms with Gasteiger partial charge in [-0.15, -0.1) is 0 Å². The molecule has 0 aromatic heterocycles. The molecule has 0 aliphatic heterocycles. The van der Waals surface area contributed by atoms with E-state index in [1.807, 2.05) is 60.7 Å². The average molecular weight is 387 g/mol. The fourth-order valence-corrected chi connectivity index (χ4v) is 2.56. The highest BCUT2D eigenvalue weighted by Crippen LogP contribution is 2.11. The summed E-state index contributed by atoms with van der Waals surface area (Å²) in [5, 5.41) is 21.8. The number of amides is 1. The lowest BCUT2D eigenvalue weighted by atomic mass is 9.99. The standard InChI is InChI=1S/C21H25NO6/c23-19(13-22-21(26)28-15-17-9-5-2-6-10-17)18(20(24)25)11-12-27-14-16-7-3-1-4-8-16/h1-10,18-19,23H,11-15H2,(H,22,26)(H,24,25)/t18-,19-/m0/s1. The van der Waals surface area contributed by atoms with Crippen molar-refractivity contribution in [3.63, 3.8) is 0 Å². The van der Waals surface area contributed by atoms with Gasteiger partial charge in [-0.1, -0.05) is 60.7 Å². The number of benzene rings is 2. The Bertz CT molecular complexity index is 722. The van der Waals surface area contributed by atoms with E-state index in [-0.39, 0.29) is 26.2 Å². The first-order valence-electron chi connectivity index (χ1n) is 9.03. The van der Waals surface area contributed by atoms with Gasteiger partial charge in [0.2, 0.25) is 0 Å². The van der Waals surface area contributed by atoms with Crippen LogP contribution in [0.1, 0.15) is 17.5 Å². The summed E-state index contributed by atoms with van der Waals surface area (Å²) >= 11 is 0. The van der Waals surface area contributed by atoms with E-state index < -0.39 is 24.1 Å². The summed E-state index contributed by atoms with van der Waals surface area (Å²) in [6.07, 6.45) is -1.83. The number of nitrogens with one attached hydrogen (secondary N) is 1. The lowest BCUT2D eigenvalue weighted by molar-refractivity contribution is -0.146. The number of aliphatic hydroxyl groups is 1. The van der Waals surface area contributed by atoms with Crippen LogP contribution in [-0.2, 0) is 27.5 Å². The minimum atomic E-state index is -1.25. The summed E-state index contributed by atoms with van der Waals surface area (Å²) in [6.45, 7) is 0.427. The zero-order valence-electron chi connectivity index (χ0n) is 15.5. The highest BCUT2D eigenvalue weighted by Gasteiger charge is 2.26. The normalized spacial score (nSPS) is 12.8. The minimum absolute atomic E-state index is 0.0957. The van der Waals surface area contributed by atoms with Crippen molar-refractivity contribution in [2.75, 3.05) is 13.2 Å². The number of carbonyl (C=O) groups excluding carboxylic acids is 1. The van der Waals surface area contributed by atoms with Gasteiger partial charge in [-0.25, -0.2) is 4.79 Å². The van der Waals surface area contributed by atoms with Crippen molar-refractivity contribution < 1.29 is 29.3 Å². The molecular weight excluding hydrogens is 362 g/mol. The van der Waals surface area contributed by atoms with Crippen molar-refractivity contribution >= 4 is 12.1 Å². The zero-order chi connectivity index (χ0) is 20.2. The average Bonchev–Trinajstić information content (AvgIpc) is 2.71. The topological polar surface area (TPSA) is 105 Å². The van der Waals surface area contributed by atoms with E-state index in [4.69, 9.17) is 9.47 Å². The number of aliphatic hydroxyl groups excluding tert-OH is 1. The molecule has 0 heterocycles. The monoisotopic (exact) mass is 387 g/mol. The van der Waals surface area contributed by atoms with Gasteiger partial charge in [0.05, 0.1) is 18.6 Å². The van der Waals surface area contributed by atoms with Crippen molar-refractivity contribution in [3.8, 4) is 0 Å². The number of hydrogen-bond acceptors (Lipinski definition) is 5. The SMILES string of the molecule is O=C(NC[C@H](O)[C@H](CCOCc1ccccc1)C(=O)O)OCc1ccccc1. The fourth-order valence-electron chi connectivity index (χ4n) is 2.56. The molecule has 0 bridgehead atoms. The molecule has 0 saturated heterocycles. The van der Waals surface area contributed by atoms with Crippen LogP contribution in [0.4, 0.5) is 4.79 Å². The van der Waals surface area contributed by atoms with E-state index in [0.29, 0.717) is 6.61 Å². The number of ether oxygens (including phenoxy) is 2. The molecule has 28 heavy (non-hydrogen) atoms. The molecule has 2 aromatic carbocycles. The molecule has 2 atom stereocenters. The van der Waals surface area contributed by atoms with Gasteiger partial charge in [-0.2, -0.15) is 0 Å². The number of carbonyl (C=O) groups is 2. The summed E-state index contributed by atoms with van der Waals surface area (Å²) in [6, 6.07) is 18.7. The predicted octanol–water partition coefficient (Wildman–Crippen LogP) is 2.58. The van der Waals surface area contributed by atoms with Crippen LogP contribution in [0.25, 0.3) is 0 Å². The van der Waals surface area contributed by atoms with Gasteiger partial charge < -0.3 is 25.0 Å². The van der Waals surface area contributed by atoms with E-state index in [1.54, 1.807) is 0 Å². The molecule has 0 saturated carbocycles. The third kappa shape index (κ3) is 7.77. The van der Waals surface area contributed by atoms with Gasteiger partial charge in [0.1, 0.15) is 6.61 Å². The first-order valence-corrected chi connectivity index (χ1v) is 9.03. The van der Waals surface area contributed by atoms with Crippen LogP contribution in [0.5, 0.6) is 0 Å². The number of alkyl carbamates (subject to hydrolysis) is 1. The molecule has 150 valence electrons. The third-order valence-electron chi connectivity index (χ3n) is 4.13. The van der Waals surface area contributed by atoms with Crippen LogP contribution in [0, 0.1) is 5.92 Å². The van der Waals surface area contributed by atoms with Crippen LogP contribution < -0.4 is 5.32 Å². The minimum Gasteiger partial charge on any atom is -0.481 e. The van der Waals surface area contributed by atoms with Gasteiger partial charge in [-0.3, -0.25) is 4.79 Å². The molecule has 1 amide bonds. The van der Waals surface area contributed by atoms with E-state index in [2.05, 4.69) is 5.32 Å². The van der Waals surface area contributed by atoms with Gasteiger partial charge in [0.15, 0.2) is 0 Å². The number of carboxylic acid groups (broad SMARTS) is 1. The summed E-state index contributed by atoms with van der Waals surface area (Å²) in [7, 11) is 0. The molecule has 0 aliphatic rings. The van der Waals surface area contributed by atoms with Crippen molar-refractivity contribution in [3.05, 3.63) is 71.8 Å². The summed E-state index contributed by atoms with van der Waals surface area (Å²) in [5.74, 6) is -2.19. The Morgan fingerprint density at radius 2 is 1.50 bits per heavy atom. The smallest absolute Gasteiger partial charge is 0.407 e. The maximum absolute atomic E-state index is 11.7. The van der Waals surface area contributed by atoms with Crippen molar-refractivity contribution in [1.29, 1.82) is 0 Å². The molecule has 2 rings (SSSR count). The summed E-state index contributed by atoms with van der Waals surface area (Å²) in [5.41, 5.74) is 1.81. The molecule has 0 fully saturated rings. The van der Waals surface area contributed by atoms with Crippen LogP contribution >= 0.6 is 0 Å². The van der Waals surface area contributed by atoms with E-state index in [1.165, 1.54) is 0 Å². The molecule has 3 N–H and O–H groups in total. The highest BCUT2D eigenvalue weighted by molar-refractivity contribution is 5.71. The van der Waals surface area contributed by atoms with Gasteiger partial charge >= 0.3 is 12.1 Å². The number of carboxylic acids is 1. The summed E-state index contributed by atoms with van der Waals surface area (Å²) < 4.78 is 10.5. The van der Waals surface area contributed by atoms with Crippen LogP contribution in [0.3, 0.4) is 0 Å². The second kappa shape index (κ2) is 11.7. The maximum atomic E-state index is 11.7. The van der Waals surface area contributed by atoms with Crippen molar-refractivity contribution in [2.45, 2.75) is 25.7 Å². The van der Waals surface area contributed by atoms with Crippen LogP contribution in [0.15, 0.2) is 60.7 Å². The zero-order valence-corrected chi connectivity index (χ0v) is 15.5. The Morgan fingerprint density at radius 1 is 0.929 bits per heavy atom. The van der Waals surface area contributed by atoms with Crippen LogP contribution in [-0.4, -0.2) is 41.5 Å². The Kier molecular flexibility index (Phi) is 8.97. The Labute approximate surface area is 163 Å². The van der Waals surface area contributed by atoms with Gasteiger partial charge in [-0.05, 0) is 17.5 Å².